The summed E-state index contributed by atoms with van der Waals surface area (Å²) in [5.41, 5.74) is 7.28. The number of hydrogen-bond donors (Lipinski definition) is 0. The molecule has 0 fully saturated rings. The van der Waals surface area contributed by atoms with Crippen LogP contribution in [0.2, 0.25) is 0 Å². The van der Waals surface area contributed by atoms with Crippen molar-refractivity contribution in [3.05, 3.63) is 146 Å². The van der Waals surface area contributed by atoms with Gasteiger partial charge in [0.1, 0.15) is 11.5 Å². The van der Waals surface area contributed by atoms with Gasteiger partial charge in [-0.25, -0.2) is 0 Å². The molecule has 0 aromatic heterocycles. The van der Waals surface area contributed by atoms with Crippen molar-refractivity contribution in [1.82, 2.24) is 0 Å². The minimum absolute atomic E-state index is 0.911. The Hall–Kier alpha value is -5.40. The molecule has 0 spiro atoms. The smallest absolute Gasteiger partial charge is 0.136 e. The van der Waals surface area contributed by atoms with Gasteiger partial charge in [0.2, 0.25) is 0 Å². The van der Waals surface area contributed by atoms with Crippen LogP contribution in [0, 0.1) is 0 Å². The van der Waals surface area contributed by atoms with E-state index in [2.05, 4.69) is 140 Å². The van der Waals surface area contributed by atoms with Gasteiger partial charge in [0, 0.05) is 10.9 Å². The van der Waals surface area contributed by atoms with Crippen molar-refractivity contribution in [2.75, 3.05) is 0 Å². The Kier molecular flexibility index (Phi) is 5.98. The van der Waals surface area contributed by atoms with Crippen molar-refractivity contribution >= 4 is 43.1 Å². The molecule has 1 heteroatoms. The lowest BCUT2D eigenvalue weighted by Crippen LogP contribution is -1.98. The van der Waals surface area contributed by atoms with Gasteiger partial charge in [0.15, 0.2) is 0 Å². The van der Waals surface area contributed by atoms with Crippen molar-refractivity contribution in [3.8, 4) is 44.9 Å². The lowest BCUT2D eigenvalue weighted by molar-refractivity contribution is 0.487. The van der Waals surface area contributed by atoms with Crippen LogP contribution >= 0.6 is 0 Å². The molecular formula is C42H30O. The largest absolute Gasteiger partial charge is 0.456 e. The van der Waals surface area contributed by atoms with Crippen LogP contribution in [0.15, 0.2) is 146 Å². The predicted molar refractivity (Wildman–Crippen MR) is 184 cm³/mol. The third-order valence-electron chi connectivity index (χ3n) is 8.58. The monoisotopic (exact) mass is 550 g/mol. The maximum atomic E-state index is 6.43. The van der Waals surface area contributed by atoms with Crippen molar-refractivity contribution in [3.63, 3.8) is 0 Å². The standard InChI is InChI=1S/C40H24O.C2H6/c1-2-8-26-19-27(14-13-25(26)7-1)28-15-16-30-21-31(18-17-29(30)20-28)33-22-36-34-10-4-3-9-32(34)24-39-40(36)37(23-33)35-11-5-6-12-38(35)41-39;1-2/h1-24H;1-2H3. The van der Waals surface area contributed by atoms with Crippen LogP contribution < -0.4 is 4.74 Å². The van der Waals surface area contributed by atoms with Crippen LogP contribution in [0.25, 0.3) is 76.5 Å². The van der Waals surface area contributed by atoms with Gasteiger partial charge in [-0.3, -0.25) is 0 Å². The van der Waals surface area contributed by atoms with E-state index in [4.69, 9.17) is 4.74 Å². The summed E-state index contributed by atoms with van der Waals surface area (Å²) in [6.07, 6.45) is 0. The fourth-order valence-corrected chi connectivity index (χ4v) is 6.53. The van der Waals surface area contributed by atoms with Crippen LogP contribution in [0.3, 0.4) is 0 Å². The molecule has 204 valence electrons. The second-order valence-electron chi connectivity index (χ2n) is 11.0. The third kappa shape index (κ3) is 4.16. The van der Waals surface area contributed by atoms with Gasteiger partial charge in [-0.15, -0.1) is 0 Å². The molecule has 0 aliphatic carbocycles. The molecule has 0 amide bonds. The van der Waals surface area contributed by atoms with Crippen molar-refractivity contribution in [1.29, 1.82) is 0 Å². The van der Waals surface area contributed by atoms with Crippen LogP contribution in [0.4, 0.5) is 0 Å². The summed E-state index contributed by atoms with van der Waals surface area (Å²) in [4.78, 5) is 0. The molecule has 0 saturated heterocycles. The summed E-state index contributed by atoms with van der Waals surface area (Å²) < 4.78 is 6.43. The number of hydrogen-bond acceptors (Lipinski definition) is 1. The number of benzene rings is 8. The van der Waals surface area contributed by atoms with E-state index in [1.54, 1.807) is 0 Å². The van der Waals surface area contributed by atoms with Crippen LogP contribution in [-0.4, -0.2) is 0 Å². The molecule has 43 heavy (non-hydrogen) atoms. The zero-order chi connectivity index (χ0) is 28.9. The number of fused-ring (bicyclic) bond motifs is 6. The van der Waals surface area contributed by atoms with E-state index in [9.17, 15) is 0 Å². The summed E-state index contributed by atoms with van der Waals surface area (Å²) in [7, 11) is 0. The van der Waals surface area contributed by atoms with E-state index in [0.29, 0.717) is 0 Å². The van der Waals surface area contributed by atoms with E-state index in [1.165, 1.54) is 70.9 Å². The normalized spacial score (nSPS) is 11.7. The highest BCUT2D eigenvalue weighted by Crippen LogP contribution is 2.50. The van der Waals surface area contributed by atoms with Gasteiger partial charge in [0.25, 0.3) is 0 Å². The number of rotatable bonds is 2. The first kappa shape index (κ1) is 25.3. The molecule has 0 bridgehead atoms. The molecule has 0 atom stereocenters. The van der Waals surface area contributed by atoms with Crippen LogP contribution in [-0.2, 0) is 0 Å². The van der Waals surface area contributed by atoms with Crippen molar-refractivity contribution in [2.45, 2.75) is 13.8 Å². The summed E-state index contributed by atoms with van der Waals surface area (Å²) >= 11 is 0. The summed E-state index contributed by atoms with van der Waals surface area (Å²) in [6, 6.07) is 52.7. The van der Waals surface area contributed by atoms with E-state index in [0.717, 1.165) is 17.1 Å². The van der Waals surface area contributed by atoms with Crippen LogP contribution in [0.1, 0.15) is 13.8 Å². The Morgan fingerprint density at radius 2 is 0.907 bits per heavy atom. The third-order valence-corrected chi connectivity index (χ3v) is 8.58. The highest BCUT2D eigenvalue weighted by Gasteiger charge is 2.22. The lowest BCUT2D eigenvalue weighted by Gasteiger charge is -2.23. The predicted octanol–water partition coefficient (Wildman–Crippen LogP) is 12.4. The summed E-state index contributed by atoms with van der Waals surface area (Å²) in [5.74, 6) is 1.84. The number of ether oxygens (including phenoxy) is 1. The Labute approximate surface area is 251 Å². The first-order valence-electron chi connectivity index (χ1n) is 15.1. The Morgan fingerprint density at radius 1 is 0.349 bits per heavy atom. The quantitative estimate of drug-likeness (QED) is 0.195. The van der Waals surface area contributed by atoms with Crippen molar-refractivity contribution < 1.29 is 4.74 Å². The van der Waals surface area contributed by atoms with Crippen molar-refractivity contribution in [2.24, 2.45) is 0 Å². The average molecular weight is 551 g/mol. The maximum absolute atomic E-state index is 6.43. The van der Waals surface area contributed by atoms with Gasteiger partial charge < -0.3 is 4.74 Å². The molecule has 8 aromatic rings. The fourth-order valence-electron chi connectivity index (χ4n) is 6.53. The van der Waals surface area contributed by atoms with E-state index in [-0.39, 0.29) is 0 Å². The lowest BCUT2D eigenvalue weighted by atomic mass is 9.88. The van der Waals surface area contributed by atoms with E-state index < -0.39 is 0 Å². The van der Waals surface area contributed by atoms with E-state index in [1.807, 2.05) is 19.9 Å². The molecule has 1 heterocycles. The Morgan fingerprint density at radius 3 is 1.65 bits per heavy atom. The van der Waals surface area contributed by atoms with Gasteiger partial charge in [0.05, 0.1) is 0 Å². The van der Waals surface area contributed by atoms with Gasteiger partial charge in [-0.1, -0.05) is 117 Å². The molecule has 0 N–H and O–H groups in total. The molecule has 0 radical (unpaired) electrons. The second kappa shape index (κ2) is 10.2. The Bertz CT molecular complexity index is 2340. The van der Waals surface area contributed by atoms with E-state index >= 15 is 0 Å². The molecule has 1 aliphatic heterocycles. The first-order chi connectivity index (χ1) is 21.3. The zero-order valence-electron chi connectivity index (χ0n) is 24.3. The summed E-state index contributed by atoms with van der Waals surface area (Å²) in [6.45, 7) is 4.00. The minimum Gasteiger partial charge on any atom is -0.456 e. The maximum Gasteiger partial charge on any atom is 0.136 e. The first-order valence-corrected chi connectivity index (χ1v) is 15.1. The molecule has 1 nitrogen and oxygen atoms in total. The molecule has 0 saturated carbocycles. The molecule has 0 unspecified atom stereocenters. The molecule has 9 rings (SSSR count). The van der Waals surface area contributed by atoms with Gasteiger partial charge in [-0.2, -0.15) is 0 Å². The SMILES string of the molecule is CC.c1ccc2c(c1)Oc1cc3ccccc3c3cc(-c4ccc5cc(-c6ccc7ccccc7c6)ccc5c4)cc-2c13. The molecule has 1 aliphatic rings. The fraction of sp³-hybridized carbons (Fsp3) is 0.0476. The highest BCUT2D eigenvalue weighted by molar-refractivity contribution is 6.18. The Balaban J connectivity index is 0.00000136. The topological polar surface area (TPSA) is 9.23 Å². The molecular weight excluding hydrogens is 520 g/mol. The molecule has 8 aromatic carbocycles. The number of para-hydroxylation sites is 1. The minimum atomic E-state index is 0.911. The average Bonchev–Trinajstić information content (AvgIpc) is 3.08. The second-order valence-corrected chi connectivity index (χ2v) is 11.0. The summed E-state index contributed by atoms with van der Waals surface area (Å²) in [5, 5.41) is 9.87. The highest BCUT2D eigenvalue weighted by atomic mass is 16.5. The van der Waals surface area contributed by atoms with Gasteiger partial charge in [-0.05, 0) is 108 Å². The zero-order valence-corrected chi connectivity index (χ0v) is 24.3. The van der Waals surface area contributed by atoms with Gasteiger partial charge >= 0.3 is 0 Å². The van der Waals surface area contributed by atoms with Crippen LogP contribution in [0.5, 0.6) is 11.5 Å².